The highest BCUT2D eigenvalue weighted by atomic mass is 32.2. The van der Waals surface area contributed by atoms with Crippen LogP contribution in [0.25, 0.3) is 10.9 Å². The summed E-state index contributed by atoms with van der Waals surface area (Å²) >= 11 is 0. The van der Waals surface area contributed by atoms with Gasteiger partial charge in [0.1, 0.15) is 11.0 Å². The molecule has 4 nitrogen and oxygen atoms in total. The summed E-state index contributed by atoms with van der Waals surface area (Å²) in [5.74, 6) is 0. The lowest BCUT2D eigenvalue weighted by atomic mass is 10.1. The molecule has 1 aromatic carbocycles. The summed E-state index contributed by atoms with van der Waals surface area (Å²) in [6.45, 7) is 7.66. The van der Waals surface area contributed by atoms with E-state index in [1.807, 2.05) is 59.1 Å². The number of nitrogens with zero attached hydrogens (tertiary/aromatic N) is 3. The standard InChI is InChI=1S/C14H19N3OS/c1-10(16-19(18)14(2,3)4)11-7-6-8-13-12(11)9-17(5)15-13/h6-9H,1-5H3/t19-/m1/s1. The van der Waals surface area contributed by atoms with Gasteiger partial charge in [-0.25, -0.2) is 4.21 Å². The van der Waals surface area contributed by atoms with Crippen LogP contribution in [0.1, 0.15) is 33.3 Å². The van der Waals surface area contributed by atoms with Crippen LogP contribution >= 0.6 is 0 Å². The Morgan fingerprint density at radius 2 is 2.05 bits per heavy atom. The van der Waals surface area contributed by atoms with Crippen LogP contribution in [0.4, 0.5) is 0 Å². The maximum atomic E-state index is 12.1. The molecule has 2 rings (SSSR count). The van der Waals surface area contributed by atoms with E-state index in [0.717, 1.165) is 22.2 Å². The maximum Gasteiger partial charge on any atom is 0.145 e. The number of hydrogen-bond acceptors (Lipinski definition) is 2. The first-order valence-electron chi connectivity index (χ1n) is 6.19. The third kappa shape index (κ3) is 2.92. The number of aryl methyl sites for hydroxylation is 1. The molecule has 0 bridgehead atoms. The molecule has 5 heteroatoms. The van der Waals surface area contributed by atoms with Crippen LogP contribution in [0.2, 0.25) is 0 Å². The van der Waals surface area contributed by atoms with Gasteiger partial charge in [-0.1, -0.05) is 12.1 Å². The van der Waals surface area contributed by atoms with Gasteiger partial charge in [0.05, 0.1) is 16.0 Å². The molecule has 102 valence electrons. The van der Waals surface area contributed by atoms with Gasteiger partial charge >= 0.3 is 0 Å². The van der Waals surface area contributed by atoms with Gasteiger partial charge in [-0.2, -0.15) is 9.50 Å². The fraction of sp³-hybridized carbons (Fsp3) is 0.429. The molecule has 2 aromatic rings. The first kappa shape index (κ1) is 13.9. The van der Waals surface area contributed by atoms with Gasteiger partial charge < -0.3 is 0 Å². The van der Waals surface area contributed by atoms with Crippen molar-refractivity contribution in [2.24, 2.45) is 11.4 Å². The molecule has 0 amide bonds. The van der Waals surface area contributed by atoms with Crippen molar-refractivity contribution in [3.05, 3.63) is 30.0 Å². The molecule has 0 aliphatic rings. The van der Waals surface area contributed by atoms with Crippen molar-refractivity contribution in [3.8, 4) is 0 Å². The summed E-state index contributed by atoms with van der Waals surface area (Å²) < 4.78 is 17.9. The summed E-state index contributed by atoms with van der Waals surface area (Å²) in [5, 5.41) is 5.41. The largest absolute Gasteiger partial charge is 0.275 e. The second-order valence-electron chi connectivity index (χ2n) is 5.58. The Labute approximate surface area is 116 Å². The van der Waals surface area contributed by atoms with E-state index >= 15 is 0 Å². The fourth-order valence-corrected chi connectivity index (χ4v) is 2.41. The number of fused-ring (bicyclic) bond motifs is 1. The molecule has 0 saturated carbocycles. The minimum absolute atomic E-state index is 0.343. The SMILES string of the molecule is CC(=N[S@](=O)C(C)(C)C)c1cccc2nn(C)cc12. The average molecular weight is 277 g/mol. The van der Waals surface area contributed by atoms with Crippen molar-refractivity contribution >= 4 is 27.6 Å². The summed E-state index contributed by atoms with van der Waals surface area (Å²) in [6.07, 6.45) is 1.96. The summed E-state index contributed by atoms with van der Waals surface area (Å²) in [6, 6.07) is 5.90. The zero-order chi connectivity index (χ0) is 14.2. The minimum atomic E-state index is -1.24. The third-order valence-electron chi connectivity index (χ3n) is 2.80. The van der Waals surface area contributed by atoms with Crippen molar-refractivity contribution < 1.29 is 4.21 Å². The normalized spacial score (nSPS) is 14.9. The average Bonchev–Trinajstić information content (AvgIpc) is 2.67. The predicted octanol–water partition coefficient (Wildman–Crippen LogP) is 2.84. The first-order valence-corrected chi connectivity index (χ1v) is 7.30. The second-order valence-corrected chi connectivity index (χ2v) is 7.48. The van der Waals surface area contributed by atoms with Crippen molar-refractivity contribution in [2.45, 2.75) is 32.4 Å². The van der Waals surface area contributed by atoms with Gasteiger partial charge in [-0.15, -0.1) is 0 Å². The van der Waals surface area contributed by atoms with Gasteiger partial charge in [-0.3, -0.25) is 4.68 Å². The van der Waals surface area contributed by atoms with E-state index in [4.69, 9.17) is 0 Å². The molecule has 0 saturated heterocycles. The van der Waals surface area contributed by atoms with E-state index in [1.54, 1.807) is 4.68 Å². The number of benzene rings is 1. The summed E-state index contributed by atoms with van der Waals surface area (Å²) in [4.78, 5) is 0. The molecule has 1 atom stereocenters. The Morgan fingerprint density at radius 1 is 1.37 bits per heavy atom. The Balaban J connectivity index is 2.50. The molecule has 0 aliphatic heterocycles. The lowest BCUT2D eigenvalue weighted by molar-refractivity contribution is 0.650. The molecule has 19 heavy (non-hydrogen) atoms. The fourth-order valence-electron chi connectivity index (χ4n) is 1.79. The Hall–Kier alpha value is -1.49. The molecule has 0 aliphatic carbocycles. The lowest BCUT2D eigenvalue weighted by Gasteiger charge is -2.14. The first-order chi connectivity index (χ1) is 8.79. The van der Waals surface area contributed by atoms with E-state index in [9.17, 15) is 4.21 Å². The van der Waals surface area contributed by atoms with E-state index < -0.39 is 11.0 Å². The van der Waals surface area contributed by atoms with Crippen LogP contribution in [0.5, 0.6) is 0 Å². The van der Waals surface area contributed by atoms with Gasteiger partial charge in [0.25, 0.3) is 0 Å². The molecule has 0 spiro atoms. The molecule has 0 radical (unpaired) electrons. The zero-order valence-corrected chi connectivity index (χ0v) is 12.8. The molecule has 0 N–H and O–H groups in total. The van der Waals surface area contributed by atoms with Crippen LogP contribution in [0.15, 0.2) is 28.8 Å². The predicted molar refractivity (Wildman–Crippen MR) is 80.8 cm³/mol. The molecule has 1 aromatic heterocycles. The molecule has 0 fully saturated rings. The van der Waals surface area contributed by atoms with Crippen LogP contribution in [-0.4, -0.2) is 24.4 Å². The second kappa shape index (κ2) is 4.89. The Bertz CT molecular complexity index is 665. The Morgan fingerprint density at radius 3 is 2.68 bits per heavy atom. The molecular formula is C14H19N3OS. The molecule has 1 heterocycles. The quantitative estimate of drug-likeness (QED) is 0.792. The number of hydrogen-bond donors (Lipinski definition) is 0. The highest BCUT2D eigenvalue weighted by Gasteiger charge is 2.19. The molecule has 0 unspecified atom stereocenters. The summed E-state index contributed by atoms with van der Waals surface area (Å²) in [7, 11) is 0.649. The van der Waals surface area contributed by atoms with Crippen molar-refractivity contribution in [3.63, 3.8) is 0 Å². The van der Waals surface area contributed by atoms with Crippen LogP contribution in [-0.2, 0) is 18.0 Å². The van der Waals surface area contributed by atoms with Crippen LogP contribution in [0, 0.1) is 0 Å². The van der Waals surface area contributed by atoms with Gasteiger partial charge in [0, 0.05) is 24.2 Å². The van der Waals surface area contributed by atoms with Gasteiger partial charge in [-0.05, 0) is 33.8 Å². The molecular weight excluding hydrogens is 258 g/mol. The van der Waals surface area contributed by atoms with Gasteiger partial charge in [0.2, 0.25) is 0 Å². The third-order valence-corrected chi connectivity index (χ3v) is 4.29. The van der Waals surface area contributed by atoms with Crippen LogP contribution in [0.3, 0.4) is 0 Å². The van der Waals surface area contributed by atoms with E-state index in [2.05, 4.69) is 9.50 Å². The van der Waals surface area contributed by atoms with Crippen molar-refractivity contribution in [1.82, 2.24) is 9.78 Å². The Kier molecular flexibility index (Phi) is 3.58. The minimum Gasteiger partial charge on any atom is -0.275 e. The van der Waals surface area contributed by atoms with E-state index in [1.165, 1.54) is 0 Å². The topological polar surface area (TPSA) is 47.2 Å². The number of rotatable bonds is 2. The highest BCUT2D eigenvalue weighted by molar-refractivity contribution is 7.85. The van der Waals surface area contributed by atoms with Crippen LogP contribution < -0.4 is 0 Å². The summed E-state index contributed by atoms with van der Waals surface area (Å²) in [5.41, 5.74) is 2.70. The van der Waals surface area contributed by atoms with Gasteiger partial charge in [0.15, 0.2) is 0 Å². The maximum absolute atomic E-state index is 12.1. The van der Waals surface area contributed by atoms with E-state index in [-0.39, 0.29) is 4.75 Å². The van der Waals surface area contributed by atoms with Crippen molar-refractivity contribution in [1.29, 1.82) is 0 Å². The zero-order valence-electron chi connectivity index (χ0n) is 12.0. The van der Waals surface area contributed by atoms with Crippen molar-refractivity contribution in [2.75, 3.05) is 0 Å². The number of aromatic nitrogens is 2. The highest BCUT2D eigenvalue weighted by Crippen LogP contribution is 2.20. The smallest absolute Gasteiger partial charge is 0.145 e. The monoisotopic (exact) mass is 277 g/mol. The lowest BCUT2D eigenvalue weighted by Crippen LogP contribution is -2.20. The van der Waals surface area contributed by atoms with E-state index in [0.29, 0.717) is 0 Å².